The molecule has 1 atom stereocenters. The summed E-state index contributed by atoms with van der Waals surface area (Å²) in [6.07, 6.45) is 1.15. The van der Waals surface area contributed by atoms with Crippen LogP contribution < -0.4 is 5.32 Å². The van der Waals surface area contributed by atoms with Crippen LogP contribution in [-0.2, 0) is 29.0 Å². The van der Waals surface area contributed by atoms with E-state index in [4.69, 9.17) is 46.4 Å². The van der Waals surface area contributed by atoms with Gasteiger partial charge in [0.15, 0.2) is 0 Å². The average Bonchev–Trinajstić information content (AvgIpc) is 2.84. The SMILES string of the molecule is CCCNC(=O)[C@H](Cc1ccccc1)N(Cc1c(Cl)cccc1Cl)C(=O)Cc1ccc(Cl)c(Cl)c1. The molecule has 3 rings (SSSR count). The fourth-order valence-electron chi connectivity index (χ4n) is 3.70. The first-order valence-electron chi connectivity index (χ1n) is 11.3. The van der Waals surface area contributed by atoms with Crippen LogP contribution in [0, 0.1) is 0 Å². The maximum Gasteiger partial charge on any atom is 0.243 e. The highest BCUT2D eigenvalue weighted by molar-refractivity contribution is 6.42. The summed E-state index contributed by atoms with van der Waals surface area (Å²) in [7, 11) is 0. The van der Waals surface area contributed by atoms with Crippen molar-refractivity contribution in [1.82, 2.24) is 10.2 Å². The number of nitrogens with zero attached hydrogens (tertiary/aromatic N) is 1. The smallest absolute Gasteiger partial charge is 0.243 e. The molecule has 2 amide bonds. The molecule has 0 saturated carbocycles. The van der Waals surface area contributed by atoms with Gasteiger partial charge in [0.05, 0.1) is 16.5 Å². The van der Waals surface area contributed by atoms with E-state index in [1.54, 1.807) is 41.3 Å². The highest BCUT2D eigenvalue weighted by atomic mass is 35.5. The lowest BCUT2D eigenvalue weighted by Crippen LogP contribution is -2.51. The highest BCUT2D eigenvalue weighted by Gasteiger charge is 2.31. The van der Waals surface area contributed by atoms with Crippen LogP contribution in [0.25, 0.3) is 0 Å². The summed E-state index contributed by atoms with van der Waals surface area (Å²) in [5.41, 5.74) is 2.20. The topological polar surface area (TPSA) is 49.4 Å². The van der Waals surface area contributed by atoms with Crippen molar-refractivity contribution in [3.8, 4) is 0 Å². The standard InChI is InChI=1S/C27H26Cl4N2O2/c1-2-13-32-27(35)25(15-18-7-4-3-5-8-18)33(17-20-21(28)9-6-10-22(20)29)26(34)16-19-11-12-23(30)24(31)14-19/h3-12,14,25H,2,13,15-17H2,1H3,(H,32,35)/t25-/m0/s1. The molecule has 35 heavy (non-hydrogen) atoms. The highest BCUT2D eigenvalue weighted by Crippen LogP contribution is 2.28. The number of hydrogen-bond acceptors (Lipinski definition) is 2. The molecule has 0 saturated heterocycles. The van der Waals surface area contributed by atoms with Gasteiger partial charge in [-0.15, -0.1) is 0 Å². The zero-order chi connectivity index (χ0) is 25.4. The largest absolute Gasteiger partial charge is 0.354 e. The van der Waals surface area contributed by atoms with Gasteiger partial charge in [0.1, 0.15) is 6.04 Å². The van der Waals surface area contributed by atoms with Crippen LogP contribution in [0.15, 0.2) is 66.7 Å². The zero-order valence-electron chi connectivity index (χ0n) is 19.2. The van der Waals surface area contributed by atoms with Gasteiger partial charge in [0, 0.05) is 35.1 Å². The van der Waals surface area contributed by atoms with Crippen molar-refractivity contribution in [3.63, 3.8) is 0 Å². The van der Waals surface area contributed by atoms with E-state index in [9.17, 15) is 9.59 Å². The van der Waals surface area contributed by atoms with Crippen LogP contribution in [0.2, 0.25) is 20.1 Å². The Labute approximate surface area is 226 Å². The summed E-state index contributed by atoms with van der Waals surface area (Å²) < 4.78 is 0. The third kappa shape index (κ3) is 7.62. The van der Waals surface area contributed by atoms with E-state index < -0.39 is 6.04 Å². The third-order valence-corrected chi connectivity index (χ3v) is 7.00. The van der Waals surface area contributed by atoms with Crippen LogP contribution in [0.3, 0.4) is 0 Å². The second kappa shape index (κ2) is 13.2. The lowest BCUT2D eigenvalue weighted by Gasteiger charge is -2.32. The van der Waals surface area contributed by atoms with Gasteiger partial charge in [-0.25, -0.2) is 0 Å². The first-order chi connectivity index (χ1) is 16.8. The lowest BCUT2D eigenvalue weighted by atomic mass is 10.0. The molecular formula is C27H26Cl4N2O2. The maximum absolute atomic E-state index is 13.7. The Morgan fingerprint density at radius 3 is 2.14 bits per heavy atom. The monoisotopic (exact) mass is 550 g/mol. The first-order valence-corrected chi connectivity index (χ1v) is 12.8. The van der Waals surface area contributed by atoms with Crippen LogP contribution in [0.4, 0.5) is 0 Å². The number of nitrogens with one attached hydrogen (secondary N) is 1. The van der Waals surface area contributed by atoms with Gasteiger partial charge in [-0.05, 0) is 41.8 Å². The van der Waals surface area contributed by atoms with Gasteiger partial charge in [-0.3, -0.25) is 9.59 Å². The molecule has 3 aromatic carbocycles. The molecule has 0 unspecified atom stereocenters. The predicted molar refractivity (Wildman–Crippen MR) is 144 cm³/mol. The first kappa shape index (κ1) is 27.3. The Morgan fingerprint density at radius 1 is 0.829 bits per heavy atom. The summed E-state index contributed by atoms with van der Waals surface area (Å²) in [6, 6.07) is 19.0. The number of rotatable bonds is 10. The van der Waals surface area contributed by atoms with Gasteiger partial charge in [-0.2, -0.15) is 0 Å². The normalized spacial score (nSPS) is 11.7. The Morgan fingerprint density at radius 2 is 1.51 bits per heavy atom. The summed E-state index contributed by atoms with van der Waals surface area (Å²) in [6.45, 7) is 2.56. The quantitative estimate of drug-likeness (QED) is 0.294. The van der Waals surface area contributed by atoms with Crippen LogP contribution in [0.5, 0.6) is 0 Å². The van der Waals surface area contributed by atoms with Gasteiger partial charge in [-0.1, -0.05) is 95.8 Å². The van der Waals surface area contributed by atoms with Gasteiger partial charge >= 0.3 is 0 Å². The van der Waals surface area contributed by atoms with Gasteiger partial charge in [0.2, 0.25) is 11.8 Å². The summed E-state index contributed by atoms with van der Waals surface area (Å²) in [5, 5.41) is 4.57. The molecule has 0 radical (unpaired) electrons. The maximum atomic E-state index is 13.7. The molecule has 0 spiro atoms. The van der Waals surface area contributed by atoms with Gasteiger partial charge in [0.25, 0.3) is 0 Å². The van der Waals surface area contributed by atoms with E-state index in [1.165, 1.54) is 0 Å². The van der Waals surface area contributed by atoms with Crippen molar-refractivity contribution in [2.45, 2.75) is 38.8 Å². The van der Waals surface area contributed by atoms with E-state index in [0.29, 0.717) is 44.2 Å². The Hall–Kier alpha value is -2.24. The van der Waals surface area contributed by atoms with E-state index in [-0.39, 0.29) is 24.8 Å². The summed E-state index contributed by atoms with van der Waals surface area (Å²) in [5.74, 6) is -0.492. The Balaban J connectivity index is 2.01. The fourth-order valence-corrected chi connectivity index (χ4v) is 4.54. The molecule has 3 aromatic rings. The van der Waals surface area contributed by atoms with Crippen LogP contribution >= 0.6 is 46.4 Å². The minimum Gasteiger partial charge on any atom is -0.354 e. The number of hydrogen-bond donors (Lipinski definition) is 1. The second-order valence-electron chi connectivity index (χ2n) is 8.14. The summed E-state index contributed by atoms with van der Waals surface area (Å²) in [4.78, 5) is 28.6. The van der Waals surface area contributed by atoms with Crippen molar-refractivity contribution >= 4 is 58.2 Å². The molecule has 0 aromatic heterocycles. The molecule has 4 nitrogen and oxygen atoms in total. The number of carbonyl (C=O) groups is 2. The number of halogens is 4. The van der Waals surface area contributed by atoms with Crippen molar-refractivity contribution in [2.24, 2.45) is 0 Å². The average molecular weight is 552 g/mol. The molecule has 1 N–H and O–H groups in total. The molecule has 8 heteroatoms. The molecule has 0 fully saturated rings. The van der Waals surface area contributed by atoms with Crippen molar-refractivity contribution in [3.05, 3.63) is 104 Å². The number of benzene rings is 3. The number of amides is 2. The molecule has 0 bridgehead atoms. The molecule has 0 aliphatic heterocycles. The van der Waals surface area contributed by atoms with E-state index >= 15 is 0 Å². The Kier molecular flexibility index (Phi) is 10.3. The van der Waals surface area contributed by atoms with Crippen LogP contribution in [-0.4, -0.2) is 29.3 Å². The minimum absolute atomic E-state index is 0.0330. The van der Waals surface area contributed by atoms with Crippen LogP contribution in [0.1, 0.15) is 30.0 Å². The molecule has 0 heterocycles. The molecular weight excluding hydrogens is 526 g/mol. The fraction of sp³-hybridized carbons (Fsp3) is 0.259. The Bertz CT molecular complexity index is 1150. The second-order valence-corrected chi connectivity index (χ2v) is 9.77. The molecule has 0 aliphatic carbocycles. The van der Waals surface area contributed by atoms with Crippen molar-refractivity contribution in [1.29, 1.82) is 0 Å². The van der Waals surface area contributed by atoms with E-state index in [2.05, 4.69) is 5.32 Å². The minimum atomic E-state index is -0.772. The third-order valence-electron chi connectivity index (χ3n) is 5.55. The van der Waals surface area contributed by atoms with Crippen molar-refractivity contribution < 1.29 is 9.59 Å². The van der Waals surface area contributed by atoms with Gasteiger partial charge < -0.3 is 10.2 Å². The van der Waals surface area contributed by atoms with Crippen molar-refractivity contribution in [2.75, 3.05) is 6.54 Å². The molecule has 0 aliphatic rings. The summed E-state index contributed by atoms with van der Waals surface area (Å²) >= 11 is 25.1. The lowest BCUT2D eigenvalue weighted by molar-refractivity contribution is -0.140. The zero-order valence-corrected chi connectivity index (χ0v) is 22.3. The van der Waals surface area contributed by atoms with E-state index in [0.717, 1.165) is 12.0 Å². The van der Waals surface area contributed by atoms with E-state index in [1.807, 2.05) is 37.3 Å². The molecule has 184 valence electrons. The predicted octanol–water partition coefficient (Wildman–Crippen LogP) is 7.01. The number of carbonyl (C=O) groups excluding carboxylic acids is 2.